The van der Waals surface area contributed by atoms with Crippen molar-refractivity contribution in [2.24, 2.45) is 0 Å². The molecule has 0 aliphatic carbocycles. The highest BCUT2D eigenvalue weighted by atomic mass is 32.2. The summed E-state index contributed by atoms with van der Waals surface area (Å²) in [5, 5.41) is 9.38. The van der Waals surface area contributed by atoms with Crippen LogP contribution in [0.2, 0.25) is 0 Å². The molecule has 19 heavy (non-hydrogen) atoms. The number of benzene rings is 2. The van der Waals surface area contributed by atoms with Gasteiger partial charge >= 0.3 is 0 Å². The molecule has 1 aliphatic rings. The van der Waals surface area contributed by atoms with Gasteiger partial charge in [-0.1, -0.05) is 42.5 Å². The quantitative estimate of drug-likeness (QED) is 0.895. The fourth-order valence-electron chi connectivity index (χ4n) is 2.05. The highest BCUT2D eigenvalue weighted by Gasteiger charge is 2.17. The molecule has 0 atom stereocenters. The minimum absolute atomic E-state index is 0.285. The van der Waals surface area contributed by atoms with Gasteiger partial charge in [-0.25, -0.2) is 0 Å². The lowest BCUT2D eigenvalue weighted by atomic mass is 10.1. The Morgan fingerprint density at radius 1 is 0.895 bits per heavy atom. The largest absolute Gasteiger partial charge is 0.508 e. The third-order valence-corrected chi connectivity index (χ3v) is 4.03. The molecule has 0 saturated heterocycles. The standard InChI is InChI=1S/C16H14O2S/c17-14-8-6-13(7-9-14)16-15(18-10-11-19-16)12-4-2-1-3-5-12/h1-9,17H,10-11H2. The average Bonchev–Trinajstić information content (AvgIpc) is 2.49. The van der Waals surface area contributed by atoms with E-state index in [4.69, 9.17) is 4.74 Å². The van der Waals surface area contributed by atoms with E-state index in [1.165, 1.54) is 0 Å². The lowest BCUT2D eigenvalue weighted by Gasteiger charge is -2.21. The summed E-state index contributed by atoms with van der Waals surface area (Å²) in [6, 6.07) is 17.4. The molecule has 0 fully saturated rings. The number of phenolic OH excluding ortho intramolecular Hbond substituents is 1. The number of thioether (sulfide) groups is 1. The van der Waals surface area contributed by atoms with Crippen molar-refractivity contribution in [1.29, 1.82) is 0 Å². The number of hydrogen-bond donors (Lipinski definition) is 1. The molecule has 3 rings (SSSR count). The number of rotatable bonds is 2. The molecule has 0 spiro atoms. The van der Waals surface area contributed by atoms with Crippen molar-refractivity contribution in [3.63, 3.8) is 0 Å². The molecule has 1 N–H and O–H groups in total. The Labute approximate surface area is 116 Å². The van der Waals surface area contributed by atoms with E-state index in [9.17, 15) is 5.11 Å². The van der Waals surface area contributed by atoms with Crippen LogP contribution in [0.1, 0.15) is 11.1 Å². The van der Waals surface area contributed by atoms with Crippen LogP contribution in [-0.2, 0) is 4.74 Å². The molecule has 0 amide bonds. The Balaban J connectivity index is 2.08. The molecule has 0 saturated carbocycles. The van der Waals surface area contributed by atoms with E-state index in [1.54, 1.807) is 23.9 Å². The lowest BCUT2D eigenvalue weighted by molar-refractivity contribution is 0.301. The molecule has 2 aromatic rings. The highest BCUT2D eigenvalue weighted by Crippen LogP contribution is 2.39. The third kappa shape index (κ3) is 2.61. The van der Waals surface area contributed by atoms with Gasteiger partial charge in [-0.2, -0.15) is 0 Å². The van der Waals surface area contributed by atoms with Gasteiger partial charge < -0.3 is 9.84 Å². The summed E-state index contributed by atoms with van der Waals surface area (Å²) in [7, 11) is 0. The molecular weight excluding hydrogens is 256 g/mol. The minimum Gasteiger partial charge on any atom is -0.508 e. The van der Waals surface area contributed by atoms with Crippen molar-refractivity contribution in [2.75, 3.05) is 12.4 Å². The van der Waals surface area contributed by atoms with E-state index >= 15 is 0 Å². The van der Waals surface area contributed by atoms with E-state index in [-0.39, 0.29) is 5.75 Å². The Hall–Kier alpha value is -1.87. The normalized spacial score (nSPS) is 15.2. The molecule has 0 radical (unpaired) electrons. The fraction of sp³-hybridized carbons (Fsp3) is 0.125. The summed E-state index contributed by atoms with van der Waals surface area (Å²) in [5.74, 6) is 2.17. The van der Waals surface area contributed by atoms with Crippen LogP contribution in [-0.4, -0.2) is 17.5 Å². The Kier molecular flexibility index (Phi) is 3.47. The zero-order valence-electron chi connectivity index (χ0n) is 10.4. The van der Waals surface area contributed by atoms with Crippen LogP contribution in [0.15, 0.2) is 54.6 Å². The third-order valence-electron chi connectivity index (χ3n) is 2.95. The van der Waals surface area contributed by atoms with Crippen molar-refractivity contribution in [2.45, 2.75) is 0 Å². The van der Waals surface area contributed by atoms with E-state index in [2.05, 4.69) is 12.1 Å². The Morgan fingerprint density at radius 3 is 2.37 bits per heavy atom. The van der Waals surface area contributed by atoms with Crippen LogP contribution < -0.4 is 0 Å². The summed E-state index contributed by atoms with van der Waals surface area (Å²) >= 11 is 1.80. The zero-order valence-corrected chi connectivity index (χ0v) is 11.2. The van der Waals surface area contributed by atoms with Crippen molar-refractivity contribution >= 4 is 22.4 Å². The van der Waals surface area contributed by atoms with E-state index in [0.717, 1.165) is 34.2 Å². The SMILES string of the molecule is Oc1ccc(C2=C(c3ccccc3)OCCS2)cc1. The van der Waals surface area contributed by atoms with Gasteiger partial charge in [-0.15, -0.1) is 11.8 Å². The predicted octanol–water partition coefficient (Wildman–Crippen LogP) is 3.98. The first-order valence-corrected chi connectivity index (χ1v) is 7.18. The minimum atomic E-state index is 0.285. The summed E-state index contributed by atoms with van der Waals surface area (Å²) in [6.07, 6.45) is 0. The molecule has 0 aromatic heterocycles. The van der Waals surface area contributed by atoms with Crippen molar-refractivity contribution in [3.8, 4) is 5.75 Å². The summed E-state index contributed by atoms with van der Waals surface area (Å²) < 4.78 is 5.86. The van der Waals surface area contributed by atoms with Crippen LogP contribution in [0.5, 0.6) is 5.75 Å². The first-order chi connectivity index (χ1) is 9.34. The predicted molar refractivity (Wildman–Crippen MR) is 79.8 cm³/mol. The molecule has 96 valence electrons. The second kappa shape index (κ2) is 5.41. The number of ether oxygens (including phenoxy) is 1. The molecule has 3 heteroatoms. The zero-order chi connectivity index (χ0) is 13.1. The van der Waals surface area contributed by atoms with E-state index in [0.29, 0.717) is 0 Å². The van der Waals surface area contributed by atoms with Gasteiger partial charge in [0.05, 0.1) is 11.5 Å². The maximum Gasteiger partial charge on any atom is 0.140 e. The van der Waals surface area contributed by atoms with Crippen LogP contribution in [0, 0.1) is 0 Å². The molecule has 1 aliphatic heterocycles. The Morgan fingerprint density at radius 2 is 1.63 bits per heavy atom. The molecule has 0 bridgehead atoms. The molecule has 2 aromatic carbocycles. The van der Waals surface area contributed by atoms with Crippen molar-refractivity contribution in [3.05, 3.63) is 65.7 Å². The van der Waals surface area contributed by atoms with Crippen LogP contribution in [0.4, 0.5) is 0 Å². The molecule has 1 heterocycles. The first-order valence-electron chi connectivity index (χ1n) is 6.19. The molecule has 0 unspecified atom stereocenters. The highest BCUT2D eigenvalue weighted by molar-refractivity contribution is 8.08. The molecular formula is C16H14O2S. The monoisotopic (exact) mass is 270 g/mol. The average molecular weight is 270 g/mol. The summed E-state index contributed by atoms with van der Waals surface area (Å²) in [6.45, 7) is 0.733. The van der Waals surface area contributed by atoms with Gasteiger partial charge in [-0.3, -0.25) is 0 Å². The number of aromatic hydroxyl groups is 1. The molecule has 2 nitrogen and oxygen atoms in total. The van der Waals surface area contributed by atoms with Crippen LogP contribution in [0.3, 0.4) is 0 Å². The van der Waals surface area contributed by atoms with Crippen molar-refractivity contribution < 1.29 is 9.84 Å². The number of phenols is 1. The lowest BCUT2D eigenvalue weighted by Crippen LogP contribution is -2.05. The summed E-state index contributed by atoms with van der Waals surface area (Å²) in [4.78, 5) is 1.14. The fourth-order valence-corrected chi connectivity index (χ4v) is 3.03. The first kappa shape index (κ1) is 12.2. The second-order valence-corrected chi connectivity index (χ2v) is 5.37. The maximum atomic E-state index is 9.38. The van der Waals surface area contributed by atoms with E-state index < -0.39 is 0 Å². The van der Waals surface area contributed by atoms with Crippen molar-refractivity contribution in [1.82, 2.24) is 0 Å². The van der Waals surface area contributed by atoms with Gasteiger partial charge in [0.2, 0.25) is 0 Å². The van der Waals surface area contributed by atoms with Crippen LogP contribution in [0.25, 0.3) is 10.7 Å². The van der Waals surface area contributed by atoms with Crippen LogP contribution >= 0.6 is 11.8 Å². The van der Waals surface area contributed by atoms with E-state index in [1.807, 2.05) is 30.3 Å². The van der Waals surface area contributed by atoms with Gasteiger partial charge in [0.25, 0.3) is 0 Å². The number of hydrogen-bond acceptors (Lipinski definition) is 3. The van der Waals surface area contributed by atoms with Gasteiger partial charge in [-0.05, 0) is 17.7 Å². The second-order valence-electron chi connectivity index (χ2n) is 4.27. The maximum absolute atomic E-state index is 9.38. The smallest absolute Gasteiger partial charge is 0.140 e. The topological polar surface area (TPSA) is 29.5 Å². The summed E-state index contributed by atoms with van der Waals surface area (Å²) in [5.41, 5.74) is 2.18. The van der Waals surface area contributed by atoms with Gasteiger partial charge in [0.1, 0.15) is 11.5 Å². The Bertz CT molecular complexity index is 588. The van der Waals surface area contributed by atoms with Gasteiger partial charge in [0, 0.05) is 11.3 Å². The van der Waals surface area contributed by atoms with Gasteiger partial charge in [0.15, 0.2) is 0 Å².